The highest BCUT2D eigenvalue weighted by Crippen LogP contribution is 2.28. The SMILES string of the molecule is COc1cc(C#N)ccc1OCC(=O)N(Cc1ccc(N(C)C)cc1)C[C@H]1CCCO1. The molecule has 0 spiro atoms. The Labute approximate surface area is 183 Å². The molecule has 7 heteroatoms. The molecule has 0 unspecified atom stereocenters. The standard InChI is InChI=1S/C24H29N3O4/c1-26(2)20-9-6-18(7-10-20)15-27(16-21-5-4-12-30-21)24(28)17-31-22-11-8-19(14-25)13-23(22)29-3/h6-11,13,21H,4-5,12,15-17H2,1-3H3/t21-/m1/s1. The van der Waals surface area contributed by atoms with Crippen LogP contribution in [0.25, 0.3) is 0 Å². The molecule has 1 saturated heterocycles. The second kappa shape index (κ2) is 10.7. The second-order valence-corrected chi connectivity index (χ2v) is 7.74. The van der Waals surface area contributed by atoms with Crippen LogP contribution in [0.15, 0.2) is 42.5 Å². The predicted molar refractivity (Wildman–Crippen MR) is 118 cm³/mol. The normalized spacial score (nSPS) is 15.2. The number of carbonyl (C=O) groups is 1. The third kappa shape index (κ3) is 6.12. The van der Waals surface area contributed by atoms with E-state index in [0.717, 1.165) is 30.7 Å². The highest BCUT2D eigenvalue weighted by molar-refractivity contribution is 5.78. The zero-order chi connectivity index (χ0) is 22.2. The molecule has 3 rings (SSSR count). The Balaban J connectivity index is 1.69. The van der Waals surface area contributed by atoms with Gasteiger partial charge in [-0.05, 0) is 42.7 Å². The number of ether oxygens (including phenoxy) is 3. The third-order valence-corrected chi connectivity index (χ3v) is 5.27. The van der Waals surface area contributed by atoms with Gasteiger partial charge in [-0.3, -0.25) is 4.79 Å². The summed E-state index contributed by atoms with van der Waals surface area (Å²) in [6.45, 7) is 1.64. The van der Waals surface area contributed by atoms with Crippen molar-refractivity contribution in [1.82, 2.24) is 4.90 Å². The number of nitrogens with zero attached hydrogens (tertiary/aromatic N) is 3. The first-order chi connectivity index (χ1) is 15.0. The molecule has 0 aliphatic carbocycles. The lowest BCUT2D eigenvalue weighted by molar-refractivity contribution is -0.135. The van der Waals surface area contributed by atoms with Crippen molar-refractivity contribution >= 4 is 11.6 Å². The van der Waals surface area contributed by atoms with Crippen LogP contribution in [0.5, 0.6) is 11.5 Å². The van der Waals surface area contributed by atoms with E-state index in [0.29, 0.717) is 30.2 Å². The zero-order valence-corrected chi connectivity index (χ0v) is 18.3. The molecule has 1 fully saturated rings. The summed E-state index contributed by atoms with van der Waals surface area (Å²) in [6, 6.07) is 15.1. The van der Waals surface area contributed by atoms with E-state index in [9.17, 15) is 4.79 Å². The first kappa shape index (κ1) is 22.4. The van der Waals surface area contributed by atoms with Crippen molar-refractivity contribution in [2.75, 3.05) is 45.9 Å². The number of methoxy groups -OCH3 is 1. The van der Waals surface area contributed by atoms with Crippen molar-refractivity contribution in [2.24, 2.45) is 0 Å². The molecule has 1 atom stereocenters. The third-order valence-electron chi connectivity index (χ3n) is 5.27. The van der Waals surface area contributed by atoms with Crippen LogP contribution in [-0.4, -0.2) is 57.9 Å². The van der Waals surface area contributed by atoms with E-state index in [1.807, 2.05) is 43.3 Å². The van der Waals surface area contributed by atoms with Crippen LogP contribution in [0.4, 0.5) is 5.69 Å². The Hall–Kier alpha value is -3.24. The quantitative estimate of drug-likeness (QED) is 0.617. The maximum absolute atomic E-state index is 13.1. The van der Waals surface area contributed by atoms with E-state index >= 15 is 0 Å². The number of amides is 1. The van der Waals surface area contributed by atoms with Gasteiger partial charge in [0, 0.05) is 45.5 Å². The molecule has 31 heavy (non-hydrogen) atoms. The van der Waals surface area contributed by atoms with Crippen LogP contribution >= 0.6 is 0 Å². The molecule has 0 radical (unpaired) electrons. The molecule has 2 aromatic carbocycles. The van der Waals surface area contributed by atoms with E-state index in [2.05, 4.69) is 6.07 Å². The Morgan fingerprint density at radius 2 is 1.97 bits per heavy atom. The fourth-order valence-electron chi connectivity index (χ4n) is 3.50. The van der Waals surface area contributed by atoms with Gasteiger partial charge in [-0.25, -0.2) is 0 Å². The topological polar surface area (TPSA) is 75.0 Å². The van der Waals surface area contributed by atoms with Gasteiger partial charge in [0.1, 0.15) is 0 Å². The van der Waals surface area contributed by atoms with E-state index in [1.54, 1.807) is 23.1 Å². The van der Waals surface area contributed by atoms with Crippen LogP contribution in [0.1, 0.15) is 24.0 Å². The average Bonchev–Trinajstić information content (AvgIpc) is 3.30. The molecule has 0 bridgehead atoms. The summed E-state index contributed by atoms with van der Waals surface area (Å²) in [5.74, 6) is 0.734. The Bertz CT molecular complexity index is 915. The average molecular weight is 424 g/mol. The van der Waals surface area contributed by atoms with Crippen LogP contribution in [-0.2, 0) is 16.1 Å². The summed E-state index contributed by atoms with van der Waals surface area (Å²) in [5, 5.41) is 9.04. The van der Waals surface area contributed by atoms with Crippen LogP contribution in [0, 0.1) is 11.3 Å². The molecule has 7 nitrogen and oxygen atoms in total. The maximum Gasteiger partial charge on any atom is 0.260 e. The summed E-state index contributed by atoms with van der Waals surface area (Å²) < 4.78 is 16.8. The molecule has 0 N–H and O–H groups in total. The van der Waals surface area contributed by atoms with Gasteiger partial charge >= 0.3 is 0 Å². The molecule has 164 valence electrons. The van der Waals surface area contributed by atoms with Crippen molar-refractivity contribution in [3.63, 3.8) is 0 Å². The van der Waals surface area contributed by atoms with Gasteiger partial charge in [0.25, 0.3) is 5.91 Å². The molecule has 1 aliphatic heterocycles. The number of hydrogen-bond acceptors (Lipinski definition) is 6. The van der Waals surface area contributed by atoms with E-state index in [4.69, 9.17) is 19.5 Å². The number of anilines is 1. The fraction of sp³-hybridized carbons (Fsp3) is 0.417. The minimum absolute atomic E-state index is 0.0504. The highest BCUT2D eigenvalue weighted by Gasteiger charge is 2.23. The summed E-state index contributed by atoms with van der Waals surface area (Å²) >= 11 is 0. The lowest BCUT2D eigenvalue weighted by Crippen LogP contribution is -2.39. The number of nitriles is 1. The second-order valence-electron chi connectivity index (χ2n) is 7.74. The number of hydrogen-bond donors (Lipinski definition) is 0. The van der Waals surface area contributed by atoms with Crippen molar-refractivity contribution in [2.45, 2.75) is 25.5 Å². The van der Waals surface area contributed by atoms with Gasteiger partial charge in [0.2, 0.25) is 0 Å². The van der Waals surface area contributed by atoms with Gasteiger partial charge in [0.05, 0.1) is 24.8 Å². The van der Waals surface area contributed by atoms with Gasteiger partial charge in [-0.1, -0.05) is 12.1 Å². The molecule has 1 aliphatic rings. The summed E-state index contributed by atoms with van der Waals surface area (Å²) in [7, 11) is 5.50. The van der Waals surface area contributed by atoms with Crippen LogP contribution in [0.3, 0.4) is 0 Å². The van der Waals surface area contributed by atoms with Gasteiger partial charge < -0.3 is 24.0 Å². The summed E-state index contributed by atoms with van der Waals surface area (Å²) in [6.07, 6.45) is 2.02. The van der Waals surface area contributed by atoms with E-state index < -0.39 is 0 Å². The molecular weight excluding hydrogens is 394 g/mol. The van der Waals surface area contributed by atoms with Crippen LogP contribution < -0.4 is 14.4 Å². The van der Waals surface area contributed by atoms with Crippen molar-refractivity contribution in [1.29, 1.82) is 5.26 Å². The van der Waals surface area contributed by atoms with Crippen molar-refractivity contribution in [3.05, 3.63) is 53.6 Å². The first-order valence-electron chi connectivity index (χ1n) is 10.4. The summed E-state index contributed by atoms with van der Waals surface area (Å²) in [4.78, 5) is 16.9. The molecule has 0 saturated carbocycles. The van der Waals surface area contributed by atoms with E-state index in [1.165, 1.54) is 7.11 Å². The Morgan fingerprint density at radius 3 is 2.58 bits per heavy atom. The lowest BCUT2D eigenvalue weighted by Gasteiger charge is -2.26. The smallest absolute Gasteiger partial charge is 0.260 e. The first-order valence-corrected chi connectivity index (χ1v) is 10.4. The number of carbonyl (C=O) groups excluding carboxylic acids is 1. The maximum atomic E-state index is 13.1. The van der Waals surface area contributed by atoms with E-state index in [-0.39, 0.29) is 18.6 Å². The monoisotopic (exact) mass is 423 g/mol. The highest BCUT2D eigenvalue weighted by atomic mass is 16.5. The Kier molecular flexibility index (Phi) is 7.74. The molecule has 1 heterocycles. The van der Waals surface area contributed by atoms with Crippen molar-refractivity contribution in [3.8, 4) is 17.6 Å². The lowest BCUT2D eigenvalue weighted by atomic mass is 10.1. The zero-order valence-electron chi connectivity index (χ0n) is 18.3. The number of benzene rings is 2. The molecule has 0 aromatic heterocycles. The number of rotatable bonds is 9. The largest absolute Gasteiger partial charge is 0.493 e. The Morgan fingerprint density at radius 1 is 1.19 bits per heavy atom. The van der Waals surface area contributed by atoms with Gasteiger partial charge in [0.15, 0.2) is 18.1 Å². The molecule has 2 aromatic rings. The minimum atomic E-state index is -0.126. The summed E-state index contributed by atoms with van der Waals surface area (Å²) in [5.41, 5.74) is 2.63. The van der Waals surface area contributed by atoms with Gasteiger partial charge in [-0.2, -0.15) is 5.26 Å². The minimum Gasteiger partial charge on any atom is -0.493 e. The molecular formula is C24H29N3O4. The predicted octanol–water partition coefficient (Wildman–Crippen LogP) is 3.22. The van der Waals surface area contributed by atoms with Crippen molar-refractivity contribution < 1.29 is 19.0 Å². The molecule has 1 amide bonds. The van der Waals surface area contributed by atoms with Crippen LogP contribution in [0.2, 0.25) is 0 Å². The van der Waals surface area contributed by atoms with Gasteiger partial charge in [-0.15, -0.1) is 0 Å². The fourth-order valence-corrected chi connectivity index (χ4v) is 3.50.